The molecule has 8 heteroatoms. The Hall–Kier alpha value is -3.13. The maximum Gasteiger partial charge on any atom is 0.251 e. The quantitative estimate of drug-likeness (QED) is 0.524. The summed E-state index contributed by atoms with van der Waals surface area (Å²) in [6, 6.07) is 13.7. The van der Waals surface area contributed by atoms with Gasteiger partial charge >= 0.3 is 0 Å². The number of nitrogens with one attached hydrogen (secondary N) is 2. The summed E-state index contributed by atoms with van der Waals surface area (Å²) in [6.45, 7) is 2.10. The topological polar surface area (TPSA) is 77.6 Å². The molecule has 4 rings (SSSR count). The van der Waals surface area contributed by atoms with E-state index in [1.807, 2.05) is 43.3 Å². The van der Waals surface area contributed by atoms with Crippen LogP contribution in [0.15, 0.2) is 42.5 Å². The van der Waals surface area contributed by atoms with E-state index in [0.29, 0.717) is 25.1 Å². The normalized spacial score (nSPS) is 13.6. The van der Waals surface area contributed by atoms with Gasteiger partial charge in [-0.05, 0) is 49.2 Å². The molecule has 0 radical (unpaired) electrons. The van der Waals surface area contributed by atoms with Crippen molar-refractivity contribution in [2.75, 3.05) is 43.9 Å². The van der Waals surface area contributed by atoms with E-state index in [4.69, 9.17) is 0 Å². The number of anilines is 3. The molecule has 0 aliphatic carbocycles. The molecule has 3 aromatic rings. The van der Waals surface area contributed by atoms with Gasteiger partial charge in [-0.3, -0.25) is 9.59 Å². The first kappa shape index (κ1) is 21.1. The highest BCUT2D eigenvalue weighted by Crippen LogP contribution is 2.30. The van der Waals surface area contributed by atoms with Crippen molar-refractivity contribution >= 4 is 49.9 Å². The van der Waals surface area contributed by atoms with E-state index in [9.17, 15) is 9.59 Å². The zero-order chi connectivity index (χ0) is 21.8. The number of rotatable bonds is 8. The molecular formula is C23H27N5O2S. The van der Waals surface area contributed by atoms with E-state index in [2.05, 4.69) is 32.7 Å². The summed E-state index contributed by atoms with van der Waals surface area (Å²) in [6.07, 6.45) is 2.36. The number of nitrogens with zero attached hydrogens (tertiary/aromatic N) is 3. The van der Waals surface area contributed by atoms with Crippen LogP contribution in [-0.2, 0) is 4.79 Å². The van der Waals surface area contributed by atoms with Crippen LogP contribution in [0.25, 0.3) is 10.2 Å². The Bertz CT molecular complexity index is 1090. The number of carbonyl (C=O) groups excluding carboxylic acids is 2. The van der Waals surface area contributed by atoms with Crippen molar-refractivity contribution in [3.8, 4) is 0 Å². The Labute approximate surface area is 186 Å². The van der Waals surface area contributed by atoms with E-state index in [1.54, 1.807) is 6.07 Å². The smallest absolute Gasteiger partial charge is 0.251 e. The standard InChI is InChI=1S/C23H27N5O2S/c1-27(2)18-7-3-6-17(15-18)25-23-26-19-10-9-16(14-20(19)31-23)22(30)24-11-5-13-28-12-4-8-21(28)29/h3,6-7,9-10,14-15H,4-5,8,11-13H2,1-2H3,(H,24,30)(H,25,26). The maximum absolute atomic E-state index is 12.5. The molecule has 1 fully saturated rings. The van der Waals surface area contributed by atoms with Gasteiger partial charge in [-0.15, -0.1) is 0 Å². The molecule has 162 valence electrons. The van der Waals surface area contributed by atoms with E-state index in [0.717, 1.165) is 46.1 Å². The summed E-state index contributed by atoms with van der Waals surface area (Å²) >= 11 is 1.52. The number of aromatic nitrogens is 1. The number of likely N-dealkylation sites (tertiary alicyclic amines) is 1. The molecule has 2 heterocycles. The van der Waals surface area contributed by atoms with Gasteiger partial charge in [0.1, 0.15) is 0 Å². The van der Waals surface area contributed by atoms with Gasteiger partial charge in [-0.2, -0.15) is 0 Å². The van der Waals surface area contributed by atoms with Crippen molar-refractivity contribution < 1.29 is 9.59 Å². The van der Waals surface area contributed by atoms with Crippen LogP contribution < -0.4 is 15.5 Å². The fraction of sp³-hybridized carbons (Fsp3) is 0.348. The monoisotopic (exact) mass is 437 g/mol. The Morgan fingerprint density at radius 3 is 2.87 bits per heavy atom. The minimum Gasteiger partial charge on any atom is -0.378 e. The largest absolute Gasteiger partial charge is 0.378 e. The van der Waals surface area contributed by atoms with Gasteiger partial charge in [-0.1, -0.05) is 17.4 Å². The molecule has 0 spiro atoms. The predicted molar refractivity (Wildman–Crippen MR) is 126 cm³/mol. The van der Waals surface area contributed by atoms with E-state index in [1.165, 1.54) is 11.3 Å². The highest BCUT2D eigenvalue weighted by molar-refractivity contribution is 7.22. The molecule has 1 aliphatic heterocycles. The third kappa shape index (κ3) is 5.14. The second kappa shape index (κ2) is 9.34. The SMILES string of the molecule is CN(C)c1cccc(Nc2nc3ccc(C(=O)NCCCN4CCCC4=O)cc3s2)c1. The molecule has 1 aliphatic rings. The Morgan fingerprint density at radius 2 is 2.10 bits per heavy atom. The van der Waals surface area contributed by atoms with E-state index >= 15 is 0 Å². The van der Waals surface area contributed by atoms with Crippen LogP contribution in [0.2, 0.25) is 0 Å². The lowest BCUT2D eigenvalue weighted by Crippen LogP contribution is -2.30. The number of amides is 2. The first-order valence-electron chi connectivity index (χ1n) is 10.5. The van der Waals surface area contributed by atoms with Gasteiger partial charge in [-0.25, -0.2) is 4.98 Å². The van der Waals surface area contributed by atoms with Crippen molar-refractivity contribution in [1.29, 1.82) is 0 Å². The molecule has 2 N–H and O–H groups in total. The molecule has 31 heavy (non-hydrogen) atoms. The molecular weight excluding hydrogens is 410 g/mol. The minimum atomic E-state index is -0.101. The third-order valence-electron chi connectivity index (χ3n) is 5.33. The van der Waals surface area contributed by atoms with Crippen LogP contribution >= 0.6 is 11.3 Å². The summed E-state index contributed by atoms with van der Waals surface area (Å²) in [5.41, 5.74) is 3.56. The lowest BCUT2D eigenvalue weighted by Gasteiger charge is -2.15. The van der Waals surface area contributed by atoms with E-state index < -0.39 is 0 Å². The molecule has 2 aromatic carbocycles. The lowest BCUT2D eigenvalue weighted by atomic mass is 10.2. The second-order valence-electron chi connectivity index (χ2n) is 7.87. The summed E-state index contributed by atoms with van der Waals surface area (Å²) < 4.78 is 0.960. The molecule has 2 amide bonds. The summed E-state index contributed by atoms with van der Waals surface area (Å²) in [5, 5.41) is 7.10. The average molecular weight is 438 g/mol. The van der Waals surface area contributed by atoms with Crippen LogP contribution in [0.5, 0.6) is 0 Å². The molecule has 0 atom stereocenters. The molecule has 0 unspecified atom stereocenters. The van der Waals surface area contributed by atoms with Crippen molar-refractivity contribution in [2.24, 2.45) is 0 Å². The molecule has 0 bridgehead atoms. The van der Waals surface area contributed by atoms with Gasteiger partial charge in [0.15, 0.2) is 5.13 Å². The summed E-state index contributed by atoms with van der Waals surface area (Å²) in [4.78, 5) is 32.7. The van der Waals surface area contributed by atoms with Crippen molar-refractivity contribution in [2.45, 2.75) is 19.3 Å². The number of carbonyl (C=O) groups is 2. The Balaban J connectivity index is 1.36. The number of fused-ring (bicyclic) bond motifs is 1. The van der Waals surface area contributed by atoms with Gasteiger partial charge in [0.25, 0.3) is 5.91 Å². The van der Waals surface area contributed by atoms with Crippen LogP contribution in [0.4, 0.5) is 16.5 Å². The number of hydrogen-bond acceptors (Lipinski definition) is 6. The second-order valence-corrected chi connectivity index (χ2v) is 8.90. The van der Waals surface area contributed by atoms with Gasteiger partial charge in [0.05, 0.1) is 10.2 Å². The fourth-order valence-corrected chi connectivity index (χ4v) is 4.54. The fourth-order valence-electron chi connectivity index (χ4n) is 3.62. The highest BCUT2D eigenvalue weighted by atomic mass is 32.1. The Kier molecular flexibility index (Phi) is 6.36. The molecule has 7 nitrogen and oxygen atoms in total. The zero-order valence-electron chi connectivity index (χ0n) is 17.9. The average Bonchev–Trinajstić information content (AvgIpc) is 3.35. The van der Waals surface area contributed by atoms with Crippen LogP contribution in [0.3, 0.4) is 0 Å². The highest BCUT2D eigenvalue weighted by Gasteiger charge is 2.19. The van der Waals surface area contributed by atoms with Gasteiger partial charge < -0.3 is 20.4 Å². The van der Waals surface area contributed by atoms with Crippen molar-refractivity contribution in [3.05, 3.63) is 48.0 Å². The Morgan fingerprint density at radius 1 is 1.23 bits per heavy atom. The van der Waals surface area contributed by atoms with Crippen LogP contribution in [0.1, 0.15) is 29.6 Å². The van der Waals surface area contributed by atoms with Crippen molar-refractivity contribution in [3.63, 3.8) is 0 Å². The lowest BCUT2D eigenvalue weighted by molar-refractivity contribution is -0.127. The van der Waals surface area contributed by atoms with Crippen LogP contribution in [0, 0.1) is 0 Å². The first-order valence-corrected chi connectivity index (χ1v) is 11.3. The molecule has 0 saturated carbocycles. The van der Waals surface area contributed by atoms with Crippen LogP contribution in [-0.4, -0.2) is 55.4 Å². The summed E-state index contributed by atoms with van der Waals surface area (Å²) in [5.74, 6) is 0.121. The number of hydrogen-bond donors (Lipinski definition) is 2. The van der Waals surface area contributed by atoms with E-state index in [-0.39, 0.29) is 11.8 Å². The summed E-state index contributed by atoms with van der Waals surface area (Å²) in [7, 11) is 4.02. The number of thiazole rings is 1. The molecule has 1 saturated heterocycles. The minimum absolute atomic E-state index is 0.101. The third-order valence-corrected chi connectivity index (χ3v) is 6.26. The van der Waals surface area contributed by atoms with Gasteiger partial charge in [0.2, 0.25) is 5.91 Å². The predicted octanol–water partition coefficient (Wildman–Crippen LogP) is 3.85. The van der Waals surface area contributed by atoms with Crippen molar-refractivity contribution in [1.82, 2.24) is 15.2 Å². The van der Waals surface area contributed by atoms with Gasteiger partial charge in [0, 0.05) is 57.1 Å². The first-order chi connectivity index (χ1) is 15.0. The zero-order valence-corrected chi connectivity index (χ0v) is 18.7. The molecule has 1 aromatic heterocycles. The number of benzene rings is 2. The maximum atomic E-state index is 12.5.